The third-order valence-corrected chi connectivity index (χ3v) is 3.17. The highest BCUT2D eigenvalue weighted by Gasteiger charge is 2.01. The first-order valence-electron chi connectivity index (χ1n) is 6.68. The van der Waals surface area contributed by atoms with Crippen LogP contribution >= 0.6 is 0 Å². The van der Waals surface area contributed by atoms with Gasteiger partial charge in [0, 0.05) is 5.56 Å². The molecule has 0 spiro atoms. The highest BCUT2D eigenvalue weighted by atomic mass is 16.5. The third kappa shape index (κ3) is 3.58. The molecule has 0 aliphatic heterocycles. The van der Waals surface area contributed by atoms with Gasteiger partial charge in [0.1, 0.15) is 5.75 Å². The van der Waals surface area contributed by atoms with Gasteiger partial charge in [0.25, 0.3) is 0 Å². The Bertz CT molecular complexity index is 610. The molecule has 2 heteroatoms. The van der Waals surface area contributed by atoms with Crippen LogP contribution in [0.2, 0.25) is 0 Å². The van der Waals surface area contributed by atoms with Crippen LogP contribution in [0.5, 0.6) is 5.75 Å². The molecular weight excluding hydrogens is 248 g/mol. The maximum Gasteiger partial charge on any atom is 0.185 e. The number of carbonyl (C=O) groups is 1. The van der Waals surface area contributed by atoms with E-state index in [1.807, 2.05) is 48.5 Å². The molecule has 0 aliphatic carbocycles. The number of ketones is 1. The fraction of sp³-hybridized carbons (Fsp3) is 0.167. The number of ether oxygens (including phenoxy) is 1. The molecule has 2 rings (SSSR count). The summed E-state index contributed by atoms with van der Waals surface area (Å²) >= 11 is 0. The van der Waals surface area contributed by atoms with Crippen LogP contribution in [0.4, 0.5) is 0 Å². The summed E-state index contributed by atoms with van der Waals surface area (Å²) < 4.78 is 5.15. The van der Waals surface area contributed by atoms with Crippen molar-refractivity contribution < 1.29 is 9.53 Å². The zero-order chi connectivity index (χ0) is 14.4. The van der Waals surface area contributed by atoms with E-state index in [9.17, 15) is 4.79 Å². The molecule has 0 unspecified atom stereocenters. The summed E-state index contributed by atoms with van der Waals surface area (Å²) in [6.45, 7) is 2.10. The Balaban J connectivity index is 2.11. The number of benzene rings is 2. The molecule has 0 atom stereocenters. The average Bonchev–Trinajstić information content (AvgIpc) is 2.53. The standard InChI is InChI=1S/C18H18O2/c1-3-14-7-10-16(11-8-14)18(19)12-9-15-5-4-6-17(13-15)20-2/h4-13H,3H2,1-2H3/b12-9+. The highest BCUT2D eigenvalue weighted by Crippen LogP contribution is 2.14. The van der Waals surface area contributed by atoms with Gasteiger partial charge >= 0.3 is 0 Å². The Hall–Kier alpha value is -2.35. The van der Waals surface area contributed by atoms with Crippen LogP contribution < -0.4 is 4.74 Å². The largest absolute Gasteiger partial charge is 0.497 e. The summed E-state index contributed by atoms with van der Waals surface area (Å²) in [5, 5.41) is 0. The van der Waals surface area contributed by atoms with Gasteiger partial charge in [-0.3, -0.25) is 4.79 Å². The Labute approximate surface area is 119 Å². The number of methoxy groups -OCH3 is 1. The second kappa shape index (κ2) is 6.71. The molecule has 0 aromatic heterocycles. The topological polar surface area (TPSA) is 26.3 Å². The number of hydrogen-bond donors (Lipinski definition) is 0. The van der Waals surface area contributed by atoms with Crippen LogP contribution in [0, 0.1) is 0 Å². The summed E-state index contributed by atoms with van der Waals surface area (Å²) in [7, 11) is 1.63. The van der Waals surface area contributed by atoms with E-state index in [0.717, 1.165) is 17.7 Å². The van der Waals surface area contributed by atoms with Crippen molar-refractivity contribution >= 4 is 11.9 Å². The van der Waals surface area contributed by atoms with Gasteiger partial charge in [-0.15, -0.1) is 0 Å². The maximum atomic E-state index is 12.1. The molecule has 2 aromatic carbocycles. The Morgan fingerprint density at radius 1 is 1.15 bits per heavy atom. The smallest absolute Gasteiger partial charge is 0.185 e. The molecular formula is C18H18O2. The fourth-order valence-corrected chi connectivity index (χ4v) is 1.92. The minimum absolute atomic E-state index is 0.00970. The first-order valence-corrected chi connectivity index (χ1v) is 6.68. The highest BCUT2D eigenvalue weighted by molar-refractivity contribution is 6.06. The maximum absolute atomic E-state index is 12.1. The van der Waals surface area contributed by atoms with Gasteiger partial charge in [-0.25, -0.2) is 0 Å². The minimum atomic E-state index is 0.00970. The SMILES string of the molecule is CCc1ccc(C(=O)/C=C/c2cccc(OC)c2)cc1. The number of aryl methyl sites for hydroxylation is 1. The predicted molar refractivity (Wildman–Crippen MR) is 82.2 cm³/mol. The van der Waals surface area contributed by atoms with E-state index in [2.05, 4.69) is 6.92 Å². The monoisotopic (exact) mass is 266 g/mol. The zero-order valence-corrected chi connectivity index (χ0v) is 11.8. The minimum Gasteiger partial charge on any atom is -0.497 e. The number of hydrogen-bond acceptors (Lipinski definition) is 2. The second-order valence-corrected chi connectivity index (χ2v) is 4.52. The lowest BCUT2D eigenvalue weighted by atomic mass is 10.1. The number of allylic oxidation sites excluding steroid dienone is 1. The van der Waals surface area contributed by atoms with E-state index in [1.165, 1.54) is 5.56 Å². The van der Waals surface area contributed by atoms with Crippen molar-refractivity contribution in [3.8, 4) is 5.75 Å². The average molecular weight is 266 g/mol. The molecule has 0 heterocycles. The normalized spacial score (nSPS) is 10.7. The summed E-state index contributed by atoms with van der Waals surface area (Å²) in [6.07, 6.45) is 4.38. The molecule has 102 valence electrons. The lowest BCUT2D eigenvalue weighted by Crippen LogP contribution is -1.94. The molecule has 0 N–H and O–H groups in total. The van der Waals surface area contributed by atoms with Crippen molar-refractivity contribution in [2.24, 2.45) is 0 Å². The molecule has 20 heavy (non-hydrogen) atoms. The molecule has 0 bridgehead atoms. The van der Waals surface area contributed by atoms with Crippen LogP contribution in [-0.4, -0.2) is 12.9 Å². The van der Waals surface area contributed by atoms with E-state index in [4.69, 9.17) is 4.74 Å². The van der Waals surface area contributed by atoms with Crippen molar-refractivity contribution in [1.82, 2.24) is 0 Å². The summed E-state index contributed by atoms with van der Waals surface area (Å²) in [5.74, 6) is 0.794. The van der Waals surface area contributed by atoms with Crippen molar-refractivity contribution in [3.05, 3.63) is 71.3 Å². The molecule has 2 nitrogen and oxygen atoms in total. The Morgan fingerprint density at radius 2 is 1.90 bits per heavy atom. The van der Waals surface area contributed by atoms with Crippen LogP contribution in [0.3, 0.4) is 0 Å². The summed E-state index contributed by atoms with van der Waals surface area (Å²) in [5.41, 5.74) is 2.89. The van der Waals surface area contributed by atoms with Crippen molar-refractivity contribution in [2.45, 2.75) is 13.3 Å². The summed E-state index contributed by atoms with van der Waals surface area (Å²) in [6, 6.07) is 15.3. The van der Waals surface area contributed by atoms with E-state index in [0.29, 0.717) is 5.56 Å². The molecule has 2 aromatic rings. The predicted octanol–water partition coefficient (Wildman–Crippen LogP) is 4.15. The van der Waals surface area contributed by atoms with E-state index in [1.54, 1.807) is 19.3 Å². The van der Waals surface area contributed by atoms with Crippen LogP contribution in [0.25, 0.3) is 6.08 Å². The molecule has 0 aliphatic rings. The lowest BCUT2D eigenvalue weighted by Gasteiger charge is -2.00. The number of carbonyl (C=O) groups excluding carboxylic acids is 1. The van der Waals surface area contributed by atoms with Gasteiger partial charge in [0.2, 0.25) is 0 Å². The fourth-order valence-electron chi connectivity index (χ4n) is 1.92. The van der Waals surface area contributed by atoms with E-state index >= 15 is 0 Å². The van der Waals surface area contributed by atoms with Crippen LogP contribution in [0.1, 0.15) is 28.4 Å². The quantitative estimate of drug-likeness (QED) is 0.600. The van der Waals surface area contributed by atoms with Gasteiger partial charge in [0.05, 0.1) is 7.11 Å². The molecule has 0 amide bonds. The van der Waals surface area contributed by atoms with Crippen LogP contribution in [0.15, 0.2) is 54.6 Å². The van der Waals surface area contributed by atoms with Gasteiger partial charge in [0.15, 0.2) is 5.78 Å². The van der Waals surface area contributed by atoms with Crippen molar-refractivity contribution in [1.29, 1.82) is 0 Å². The molecule has 0 radical (unpaired) electrons. The first kappa shape index (κ1) is 14.1. The molecule has 0 fully saturated rings. The third-order valence-electron chi connectivity index (χ3n) is 3.17. The van der Waals surface area contributed by atoms with Gasteiger partial charge in [-0.1, -0.05) is 49.4 Å². The zero-order valence-electron chi connectivity index (χ0n) is 11.8. The van der Waals surface area contributed by atoms with E-state index < -0.39 is 0 Å². The van der Waals surface area contributed by atoms with E-state index in [-0.39, 0.29) is 5.78 Å². The number of rotatable bonds is 5. The second-order valence-electron chi connectivity index (χ2n) is 4.52. The van der Waals surface area contributed by atoms with Crippen molar-refractivity contribution in [3.63, 3.8) is 0 Å². The first-order chi connectivity index (χ1) is 9.72. The summed E-state index contributed by atoms with van der Waals surface area (Å²) in [4.78, 5) is 12.1. The molecule has 0 saturated carbocycles. The lowest BCUT2D eigenvalue weighted by molar-refractivity contribution is 0.104. The van der Waals surface area contributed by atoms with Gasteiger partial charge < -0.3 is 4.74 Å². The Morgan fingerprint density at radius 3 is 2.55 bits per heavy atom. The van der Waals surface area contributed by atoms with Gasteiger partial charge in [-0.05, 0) is 35.8 Å². The van der Waals surface area contributed by atoms with Gasteiger partial charge in [-0.2, -0.15) is 0 Å². The van der Waals surface area contributed by atoms with Crippen molar-refractivity contribution in [2.75, 3.05) is 7.11 Å². The van der Waals surface area contributed by atoms with Crippen LogP contribution in [-0.2, 0) is 6.42 Å². The Kier molecular flexibility index (Phi) is 4.72. The molecule has 0 saturated heterocycles.